The molecule has 3 rings (SSSR count). The van der Waals surface area contributed by atoms with E-state index in [1.165, 1.54) is 36.0 Å². The van der Waals surface area contributed by atoms with Crippen molar-refractivity contribution in [2.24, 2.45) is 0 Å². The Balaban J connectivity index is 0.00000247. The van der Waals surface area contributed by atoms with E-state index in [0.717, 1.165) is 53.0 Å². The fourth-order valence-electron chi connectivity index (χ4n) is 4.16. The Labute approximate surface area is 230 Å². The van der Waals surface area contributed by atoms with Crippen LogP contribution in [0.25, 0.3) is 22.3 Å². The van der Waals surface area contributed by atoms with Gasteiger partial charge in [0.05, 0.1) is 0 Å². The summed E-state index contributed by atoms with van der Waals surface area (Å²) in [5.74, 6) is 2.19. The highest BCUT2D eigenvalue weighted by Crippen LogP contribution is 2.39. The number of unbranched alkanes of at least 4 members (excludes halogenated alkanes) is 2. The second kappa shape index (κ2) is 16.0. The van der Waals surface area contributed by atoms with E-state index in [4.69, 9.17) is 9.47 Å². The third kappa shape index (κ3) is 8.56. The second-order valence-corrected chi connectivity index (χ2v) is 9.34. The van der Waals surface area contributed by atoms with Gasteiger partial charge in [0.1, 0.15) is 23.9 Å². The molecule has 0 aromatic heterocycles. The molecule has 0 bridgehead atoms. The van der Waals surface area contributed by atoms with Crippen LogP contribution in [-0.2, 0) is 12.8 Å². The average Bonchev–Trinajstić information content (AvgIpc) is 2.94. The molecule has 0 amide bonds. The fraction of sp³-hybridized carbons (Fsp3) is 0.278. The molecule has 0 radical (unpaired) electrons. The summed E-state index contributed by atoms with van der Waals surface area (Å²) in [6.07, 6.45) is 16.6. The van der Waals surface area contributed by atoms with E-state index < -0.39 is 0 Å². The molecule has 0 saturated carbocycles. The zero-order chi connectivity index (χ0) is 27.9. The Hall–Kier alpha value is -3.96. The summed E-state index contributed by atoms with van der Waals surface area (Å²) in [6.45, 7) is 18.6. The normalized spacial score (nSPS) is 10.1. The van der Waals surface area contributed by atoms with Gasteiger partial charge in [-0.1, -0.05) is 107 Å². The minimum absolute atomic E-state index is 0.461. The van der Waals surface area contributed by atoms with Crippen molar-refractivity contribution in [2.75, 3.05) is 6.61 Å². The molecule has 38 heavy (non-hydrogen) atoms. The number of benzene rings is 3. The molecule has 3 aromatic rings. The van der Waals surface area contributed by atoms with Crippen molar-refractivity contribution in [3.63, 3.8) is 0 Å². The Kier molecular flexibility index (Phi) is 12.7. The van der Waals surface area contributed by atoms with Gasteiger partial charge in [-0.15, -0.1) is 12.8 Å². The molecule has 198 valence electrons. The summed E-state index contributed by atoms with van der Waals surface area (Å²) in [5.41, 5.74) is 7.77. The van der Waals surface area contributed by atoms with E-state index in [1.807, 2.05) is 6.92 Å². The maximum atomic E-state index is 6.21. The summed E-state index contributed by atoms with van der Waals surface area (Å²) in [6, 6.07) is 21.7. The number of ether oxygens (including phenoxy) is 2. The van der Waals surface area contributed by atoms with Crippen molar-refractivity contribution in [3.8, 4) is 46.6 Å². The molecular weight excluding hydrogens is 464 g/mol. The number of rotatable bonds is 14. The molecule has 0 saturated heterocycles. The van der Waals surface area contributed by atoms with E-state index in [-0.39, 0.29) is 0 Å². The number of allylic oxidation sites excluding steroid dienone is 1. The van der Waals surface area contributed by atoms with E-state index in [9.17, 15) is 0 Å². The molecule has 0 atom stereocenters. The SMILES string of the molecule is C#C.C=CCOc1cc(-c2ccc(-c3ccc(CCCCC)cc3)cc2)c(OC(=C)C(=C)C)cc1CCC. The highest BCUT2D eigenvalue weighted by atomic mass is 16.5. The van der Waals surface area contributed by atoms with Crippen LogP contribution in [0.2, 0.25) is 0 Å². The predicted molar refractivity (Wildman–Crippen MR) is 165 cm³/mol. The maximum Gasteiger partial charge on any atom is 0.135 e. The smallest absolute Gasteiger partial charge is 0.135 e. The summed E-state index contributed by atoms with van der Waals surface area (Å²) < 4.78 is 12.2. The van der Waals surface area contributed by atoms with Gasteiger partial charge in [0.15, 0.2) is 0 Å². The maximum absolute atomic E-state index is 6.21. The summed E-state index contributed by atoms with van der Waals surface area (Å²) in [7, 11) is 0. The summed E-state index contributed by atoms with van der Waals surface area (Å²) >= 11 is 0. The summed E-state index contributed by atoms with van der Waals surface area (Å²) in [5, 5.41) is 0. The van der Waals surface area contributed by atoms with Crippen LogP contribution in [0.5, 0.6) is 11.5 Å². The Morgan fingerprint density at radius 2 is 1.39 bits per heavy atom. The van der Waals surface area contributed by atoms with E-state index in [0.29, 0.717) is 12.4 Å². The van der Waals surface area contributed by atoms with Crippen molar-refractivity contribution in [1.29, 1.82) is 0 Å². The lowest BCUT2D eigenvalue weighted by Crippen LogP contribution is -2.02. The van der Waals surface area contributed by atoms with Crippen molar-refractivity contribution in [1.82, 2.24) is 0 Å². The first-order valence-electron chi connectivity index (χ1n) is 13.4. The lowest BCUT2D eigenvalue weighted by molar-refractivity contribution is 0.357. The molecular formula is C36H42O2. The van der Waals surface area contributed by atoms with Crippen molar-refractivity contribution in [3.05, 3.63) is 109 Å². The lowest BCUT2D eigenvalue weighted by Gasteiger charge is -2.18. The zero-order valence-electron chi connectivity index (χ0n) is 23.4. The standard InChI is InChI=1S/C34H40O2.C2H2/c1-7-10-11-13-27-14-16-28(17-15-27)29-18-20-30(21-19-29)32-24-33(35-22-9-3)31(12-8-2)23-34(32)36-26(6)25(4)5;1-2/h9,14-21,23-24H,3-4,6-8,10-13,22H2,1-2,5H3;1-2H. The third-order valence-electron chi connectivity index (χ3n) is 6.30. The largest absolute Gasteiger partial charge is 0.489 e. The quantitative estimate of drug-likeness (QED) is 0.0712. The Morgan fingerprint density at radius 3 is 1.95 bits per heavy atom. The van der Waals surface area contributed by atoms with Gasteiger partial charge in [0.2, 0.25) is 0 Å². The van der Waals surface area contributed by atoms with Gasteiger partial charge in [0.25, 0.3) is 0 Å². The monoisotopic (exact) mass is 506 g/mol. The minimum atomic E-state index is 0.461. The first-order chi connectivity index (χ1) is 18.5. The molecule has 0 aliphatic rings. The van der Waals surface area contributed by atoms with Crippen molar-refractivity contribution in [2.45, 2.75) is 59.3 Å². The first kappa shape index (κ1) is 30.3. The molecule has 0 N–H and O–H groups in total. The van der Waals surface area contributed by atoms with Crippen LogP contribution < -0.4 is 9.47 Å². The molecule has 3 aromatic carbocycles. The minimum Gasteiger partial charge on any atom is -0.489 e. The highest BCUT2D eigenvalue weighted by molar-refractivity contribution is 5.76. The molecule has 0 heterocycles. The van der Waals surface area contributed by atoms with Crippen molar-refractivity contribution < 1.29 is 9.47 Å². The van der Waals surface area contributed by atoms with Gasteiger partial charge in [-0.25, -0.2) is 0 Å². The van der Waals surface area contributed by atoms with E-state index >= 15 is 0 Å². The highest BCUT2D eigenvalue weighted by Gasteiger charge is 2.15. The number of hydrogen-bond acceptors (Lipinski definition) is 2. The predicted octanol–water partition coefficient (Wildman–Crippen LogP) is 9.99. The molecule has 0 aliphatic carbocycles. The number of terminal acetylenes is 1. The molecule has 2 heteroatoms. The number of aryl methyl sites for hydroxylation is 2. The van der Waals surface area contributed by atoms with Crippen molar-refractivity contribution >= 4 is 0 Å². The molecule has 0 fully saturated rings. The van der Waals surface area contributed by atoms with Gasteiger partial charge in [-0.3, -0.25) is 0 Å². The van der Waals surface area contributed by atoms with Crippen LogP contribution in [-0.4, -0.2) is 6.61 Å². The molecule has 2 nitrogen and oxygen atoms in total. The second-order valence-electron chi connectivity index (χ2n) is 9.34. The van der Waals surface area contributed by atoms with Gasteiger partial charge in [0, 0.05) is 5.56 Å². The Morgan fingerprint density at radius 1 is 0.789 bits per heavy atom. The van der Waals surface area contributed by atoms with Gasteiger partial charge >= 0.3 is 0 Å². The van der Waals surface area contributed by atoms with Crippen LogP contribution in [0, 0.1) is 12.8 Å². The van der Waals surface area contributed by atoms with Crippen LogP contribution in [0.3, 0.4) is 0 Å². The zero-order valence-corrected chi connectivity index (χ0v) is 23.4. The van der Waals surface area contributed by atoms with Gasteiger partial charge in [-0.2, -0.15) is 0 Å². The topological polar surface area (TPSA) is 18.5 Å². The van der Waals surface area contributed by atoms with Crippen LogP contribution in [0.4, 0.5) is 0 Å². The van der Waals surface area contributed by atoms with Crippen LogP contribution in [0.15, 0.2) is 97.8 Å². The lowest BCUT2D eigenvalue weighted by atomic mass is 9.96. The molecule has 0 spiro atoms. The Bertz CT molecular complexity index is 1210. The van der Waals surface area contributed by atoms with Crippen LogP contribution in [0.1, 0.15) is 57.6 Å². The molecule has 0 aliphatic heterocycles. The van der Waals surface area contributed by atoms with Crippen LogP contribution >= 0.6 is 0 Å². The fourth-order valence-corrected chi connectivity index (χ4v) is 4.16. The number of hydrogen-bond donors (Lipinski definition) is 0. The van der Waals surface area contributed by atoms with E-state index in [2.05, 4.69) is 107 Å². The van der Waals surface area contributed by atoms with E-state index in [1.54, 1.807) is 6.08 Å². The summed E-state index contributed by atoms with van der Waals surface area (Å²) in [4.78, 5) is 0. The molecule has 0 unspecified atom stereocenters. The average molecular weight is 507 g/mol. The van der Waals surface area contributed by atoms with Gasteiger partial charge in [-0.05, 0) is 71.7 Å². The van der Waals surface area contributed by atoms with Gasteiger partial charge < -0.3 is 9.47 Å². The first-order valence-corrected chi connectivity index (χ1v) is 13.4. The third-order valence-corrected chi connectivity index (χ3v) is 6.30.